The number of nitrogens with one attached hydrogen (secondary N) is 3. The molecule has 1 saturated carbocycles. The Kier molecular flexibility index (Phi) is 8.10. The summed E-state index contributed by atoms with van der Waals surface area (Å²) in [6.45, 7) is 4.05. The second kappa shape index (κ2) is 12.3. The Morgan fingerprint density at radius 3 is 2.74 bits per heavy atom. The van der Waals surface area contributed by atoms with Gasteiger partial charge in [-0.1, -0.05) is 6.08 Å². The van der Waals surface area contributed by atoms with E-state index in [1.165, 1.54) is 12.8 Å². The van der Waals surface area contributed by atoms with Gasteiger partial charge in [0.2, 0.25) is 5.91 Å². The third kappa shape index (κ3) is 6.69. The summed E-state index contributed by atoms with van der Waals surface area (Å²) in [6, 6.07) is 11.2. The van der Waals surface area contributed by atoms with E-state index < -0.39 is 0 Å². The number of benzene rings is 1. The number of likely N-dealkylation sites (tertiary alicyclic amines) is 1. The van der Waals surface area contributed by atoms with Crippen LogP contribution in [0.4, 0.5) is 11.6 Å². The first-order valence-electron chi connectivity index (χ1n) is 14.7. The molecule has 4 aromatic rings. The molecule has 3 N–H and O–H groups in total. The summed E-state index contributed by atoms with van der Waals surface area (Å²) in [5.74, 6) is 2.06. The van der Waals surface area contributed by atoms with Gasteiger partial charge in [-0.15, -0.1) is 0 Å². The maximum absolute atomic E-state index is 12.9. The molecule has 1 aromatic carbocycles. The van der Waals surface area contributed by atoms with Crippen LogP contribution in [0, 0.1) is 6.92 Å². The average Bonchev–Trinajstić information content (AvgIpc) is 3.71. The molecule has 224 valence electrons. The highest BCUT2D eigenvalue weighted by molar-refractivity contribution is 6.03. The number of amides is 2. The van der Waals surface area contributed by atoms with E-state index in [0.29, 0.717) is 46.9 Å². The molecule has 6 rings (SSSR count). The van der Waals surface area contributed by atoms with Gasteiger partial charge in [0.1, 0.15) is 16.9 Å². The fourth-order valence-corrected chi connectivity index (χ4v) is 5.30. The van der Waals surface area contributed by atoms with Crippen molar-refractivity contribution in [1.29, 1.82) is 0 Å². The van der Waals surface area contributed by atoms with Crippen molar-refractivity contribution < 1.29 is 14.3 Å². The molecule has 0 radical (unpaired) electrons. The molecule has 2 fully saturated rings. The average molecular weight is 584 g/mol. The summed E-state index contributed by atoms with van der Waals surface area (Å²) in [6.07, 6.45) is 9.65. The Labute approximate surface area is 250 Å². The molecule has 2 aliphatic rings. The first-order chi connectivity index (χ1) is 20.8. The zero-order valence-electron chi connectivity index (χ0n) is 24.7. The normalized spacial score (nSPS) is 17.1. The standard InChI is InChI=1S/C31H37N9O3/c1-20-18-26(37-39(20)3)34-31(42)21-8-12-24(13-9-21)43-25-14-15-32-29-28(25)30(36-35-29)33-22-6-4-17-40(19-22)27(41)7-5-16-38(2)23-10-11-23/h5,7-9,12-15,18,22-23H,4,6,10-11,16-17,19H2,1-3H3,(H,34,37,42)(H2,32,33,35,36)/b7-5+/t22-/m1/s1. The highest BCUT2D eigenvalue weighted by Gasteiger charge is 2.26. The van der Waals surface area contributed by atoms with E-state index >= 15 is 0 Å². The minimum absolute atomic E-state index is 0.0421. The SMILES string of the molecule is Cc1cc(NC(=O)c2ccc(Oc3ccnc4[nH]nc(N[C@@H]5CCCN(C(=O)/C=C/CN(C)C6CC6)C5)c34)cc2)nn1C. The molecular weight excluding hydrogens is 546 g/mol. The number of anilines is 2. The molecule has 0 bridgehead atoms. The number of fused-ring (bicyclic) bond motifs is 1. The number of hydrogen-bond donors (Lipinski definition) is 3. The van der Waals surface area contributed by atoms with Crippen LogP contribution in [0.5, 0.6) is 11.5 Å². The van der Waals surface area contributed by atoms with Crippen molar-refractivity contribution in [2.75, 3.05) is 37.3 Å². The molecular formula is C31H37N9O3. The van der Waals surface area contributed by atoms with Crippen LogP contribution in [0.1, 0.15) is 41.7 Å². The van der Waals surface area contributed by atoms with Crippen molar-refractivity contribution in [2.24, 2.45) is 7.05 Å². The number of ether oxygens (including phenoxy) is 1. The lowest BCUT2D eigenvalue weighted by molar-refractivity contribution is -0.127. The Morgan fingerprint density at radius 2 is 2.00 bits per heavy atom. The van der Waals surface area contributed by atoms with E-state index in [1.807, 2.05) is 31.0 Å². The lowest BCUT2D eigenvalue weighted by Crippen LogP contribution is -2.44. The smallest absolute Gasteiger partial charge is 0.256 e. The van der Waals surface area contributed by atoms with Crippen LogP contribution < -0.4 is 15.4 Å². The van der Waals surface area contributed by atoms with Crippen LogP contribution in [0.15, 0.2) is 54.7 Å². The molecule has 1 atom stereocenters. The molecule has 1 aliphatic heterocycles. The van der Waals surface area contributed by atoms with Gasteiger partial charge in [0.05, 0.1) is 0 Å². The number of rotatable bonds is 10. The second-order valence-corrected chi connectivity index (χ2v) is 11.3. The summed E-state index contributed by atoms with van der Waals surface area (Å²) in [5.41, 5.74) is 2.03. The monoisotopic (exact) mass is 583 g/mol. The van der Waals surface area contributed by atoms with Gasteiger partial charge in [-0.2, -0.15) is 10.2 Å². The lowest BCUT2D eigenvalue weighted by Gasteiger charge is -2.32. The van der Waals surface area contributed by atoms with Gasteiger partial charge >= 0.3 is 0 Å². The molecule has 43 heavy (non-hydrogen) atoms. The van der Waals surface area contributed by atoms with Crippen LogP contribution >= 0.6 is 0 Å². The Hall–Kier alpha value is -4.71. The lowest BCUT2D eigenvalue weighted by atomic mass is 10.1. The minimum atomic E-state index is -0.252. The number of pyridine rings is 1. The van der Waals surface area contributed by atoms with Gasteiger partial charge in [0.15, 0.2) is 17.3 Å². The molecule has 1 aliphatic carbocycles. The number of likely N-dealkylation sites (N-methyl/N-ethyl adjacent to an activating group) is 1. The Bertz CT molecular complexity index is 1620. The fraction of sp³-hybridized carbons (Fsp3) is 0.387. The van der Waals surface area contributed by atoms with E-state index in [0.717, 1.165) is 37.0 Å². The Balaban J connectivity index is 1.10. The van der Waals surface area contributed by atoms with E-state index in [-0.39, 0.29) is 17.9 Å². The van der Waals surface area contributed by atoms with Crippen molar-refractivity contribution in [2.45, 2.75) is 44.7 Å². The highest BCUT2D eigenvalue weighted by atomic mass is 16.5. The van der Waals surface area contributed by atoms with Crippen LogP contribution in [0.25, 0.3) is 11.0 Å². The molecule has 3 aromatic heterocycles. The molecule has 1 saturated heterocycles. The number of hydrogen-bond acceptors (Lipinski definition) is 8. The number of aromatic amines is 1. The number of H-pyrrole nitrogens is 1. The molecule has 0 unspecified atom stereocenters. The van der Waals surface area contributed by atoms with Crippen molar-refractivity contribution >= 4 is 34.5 Å². The molecule has 2 amide bonds. The topological polar surface area (TPSA) is 133 Å². The summed E-state index contributed by atoms with van der Waals surface area (Å²) in [7, 11) is 3.93. The third-order valence-corrected chi connectivity index (χ3v) is 8.02. The quantitative estimate of drug-likeness (QED) is 0.238. The fourth-order valence-electron chi connectivity index (χ4n) is 5.30. The zero-order chi connectivity index (χ0) is 29.9. The van der Waals surface area contributed by atoms with Crippen LogP contribution in [0.2, 0.25) is 0 Å². The number of aryl methyl sites for hydroxylation is 2. The van der Waals surface area contributed by atoms with Crippen molar-refractivity contribution in [3.8, 4) is 11.5 Å². The van der Waals surface area contributed by atoms with E-state index in [1.54, 1.807) is 47.3 Å². The molecule has 0 spiro atoms. The number of carbonyl (C=O) groups excluding carboxylic acids is 2. The first-order valence-corrected chi connectivity index (χ1v) is 14.7. The van der Waals surface area contributed by atoms with Crippen molar-refractivity contribution in [1.82, 2.24) is 34.8 Å². The maximum atomic E-state index is 12.9. The first kappa shape index (κ1) is 28.4. The second-order valence-electron chi connectivity index (χ2n) is 11.3. The number of piperidine rings is 1. The van der Waals surface area contributed by atoms with Crippen molar-refractivity contribution in [3.63, 3.8) is 0 Å². The van der Waals surface area contributed by atoms with Gasteiger partial charge in [-0.3, -0.25) is 24.3 Å². The maximum Gasteiger partial charge on any atom is 0.256 e. The predicted octanol–water partition coefficient (Wildman–Crippen LogP) is 4.10. The van der Waals surface area contributed by atoms with Crippen molar-refractivity contribution in [3.05, 3.63) is 66.0 Å². The highest BCUT2D eigenvalue weighted by Crippen LogP contribution is 2.33. The summed E-state index contributed by atoms with van der Waals surface area (Å²) in [4.78, 5) is 34.2. The van der Waals surface area contributed by atoms with Gasteiger partial charge < -0.3 is 20.3 Å². The van der Waals surface area contributed by atoms with Crippen LogP contribution in [-0.2, 0) is 11.8 Å². The van der Waals surface area contributed by atoms with E-state index in [2.05, 4.69) is 42.9 Å². The van der Waals surface area contributed by atoms with Gasteiger partial charge in [0.25, 0.3) is 5.91 Å². The summed E-state index contributed by atoms with van der Waals surface area (Å²) < 4.78 is 7.94. The predicted molar refractivity (Wildman–Crippen MR) is 164 cm³/mol. The number of carbonyl (C=O) groups is 2. The van der Waals surface area contributed by atoms with Gasteiger partial charge in [0, 0.05) is 74.4 Å². The van der Waals surface area contributed by atoms with E-state index in [4.69, 9.17) is 4.74 Å². The van der Waals surface area contributed by atoms with Crippen LogP contribution in [0.3, 0.4) is 0 Å². The third-order valence-electron chi connectivity index (χ3n) is 8.02. The van der Waals surface area contributed by atoms with Gasteiger partial charge in [-0.05, 0) is 63.9 Å². The Morgan fingerprint density at radius 1 is 1.19 bits per heavy atom. The minimum Gasteiger partial charge on any atom is -0.456 e. The molecule has 12 heteroatoms. The largest absolute Gasteiger partial charge is 0.456 e. The molecule has 4 heterocycles. The molecule has 12 nitrogen and oxygen atoms in total. The zero-order valence-corrected chi connectivity index (χ0v) is 24.7. The number of nitrogens with zero attached hydrogens (tertiary/aromatic N) is 6. The van der Waals surface area contributed by atoms with E-state index in [9.17, 15) is 9.59 Å². The van der Waals surface area contributed by atoms with Gasteiger partial charge in [-0.25, -0.2) is 4.98 Å². The summed E-state index contributed by atoms with van der Waals surface area (Å²) >= 11 is 0. The summed E-state index contributed by atoms with van der Waals surface area (Å²) in [5, 5.41) is 18.8. The van der Waals surface area contributed by atoms with Crippen LogP contribution in [-0.4, -0.2) is 85.3 Å². The number of aromatic nitrogens is 5.